The van der Waals surface area contributed by atoms with Gasteiger partial charge in [0.1, 0.15) is 12.6 Å². The molecule has 1 saturated carbocycles. The maximum Gasteiger partial charge on any atom is 0.264 e. The molecule has 1 atom stereocenters. The zero-order chi connectivity index (χ0) is 30.3. The van der Waals surface area contributed by atoms with Crippen molar-refractivity contribution in [3.8, 4) is 0 Å². The molecule has 0 aromatic heterocycles. The Morgan fingerprint density at radius 1 is 0.976 bits per heavy atom. The molecule has 0 aliphatic heterocycles. The zero-order valence-corrected chi connectivity index (χ0v) is 27.8. The molecular formula is C31H34Cl2IN3O4S. The van der Waals surface area contributed by atoms with E-state index in [2.05, 4.69) is 27.9 Å². The molecule has 0 heterocycles. The Balaban J connectivity index is 1.71. The van der Waals surface area contributed by atoms with Crippen LogP contribution in [0.2, 0.25) is 10.0 Å². The molecule has 3 aromatic carbocycles. The molecule has 7 nitrogen and oxygen atoms in total. The number of sulfonamides is 1. The summed E-state index contributed by atoms with van der Waals surface area (Å²) >= 11 is 14.8. The number of amides is 2. The summed E-state index contributed by atoms with van der Waals surface area (Å²) in [4.78, 5) is 29.4. The molecule has 11 heteroatoms. The van der Waals surface area contributed by atoms with Gasteiger partial charge in [-0.1, -0.05) is 73.7 Å². The van der Waals surface area contributed by atoms with E-state index in [0.29, 0.717) is 27.7 Å². The van der Waals surface area contributed by atoms with Crippen LogP contribution in [0.3, 0.4) is 0 Å². The summed E-state index contributed by atoms with van der Waals surface area (Å²) in [6.07, 6.45) is 5.38. The Kier molecular flexibility index (Phi) is 11.6. The SMILES string of the molecule is CC[C@@H](C(=O)NC1CCCCC1)N(Cc1ccc(Cl)cc1Cl)C(=O)CN(c1ccc(I)cc1)S(=O)(=O)c1ccccc1. The fraction of sp³-hybridized carbons (Fsp3) is 0.355. The normalized spacial score (nSPS) is 14.7. The lowest BCUT2D eigenvalue weighted by Gasteiger charge is -2.34. The summed E-state index contributed by atoms with van der Waals surface area (Å²) in [7, 11) is -4.12. The third-order valence-corrected chi connectivity index (χ3v) is 10.5. The fourth-order valence-electron chi connectivity index (χ4n) is 5.15. The third-order valence-electron chi connectivity index (χ3n) is 7.42. The zero-order valence-electron chi connectivity index (χ0n) is 23.3. The molecule has 224 valence electrons. The highest BCUT2D eigenvalue weighted by molar-refractivity contribution is 14.1. The van der Waals surface area contributed by atoms with Crippen molar-refractivity contribution < 1.29 is 18.0 Å². The highest BCUT2D eigenvalue weighted by Gasteiger charge is 2.34. The number of rotatable bonds is 11. The molecule has 1 fully saturated rings. The summed E-state index contributed by atoms with van der Waals surface area (Å²) in [5, 5.41) is 3.95. The van der Waals surface area contributed by atoms with Crippen molar-refractivity contribution in [2.75, 3.05) is 10.8 Å². The predicted octanol–water partition coefficient (Wildman–Crippen LogP) is 7.05. The topological polar surface area (TPSA) is 86.8 Å². The molecule has 0 saturated heterocycles. The van der Waals surface area contributed by atoms with Crippen molar-refractivity contribution in [2.24, 2.45) is 0 Å². The summed E-state index contributed by atoms with van der Waals surface area (Å²) in [5.41, 5.74) is 0.946. The minimum atomic E-state index is -4.12. The number of nitrogens with one attached hydrogen (secondary N) is 1. The van der Waals surface area contributed by atoms with E-state index in [0.717, 1.165) is 40.0 Å². The first-order valence-electron chi connectivity index (χ1n) is 14.0. The Morgan fingerprint density at radius 2 is 1.64 bits per heavy atom. The van der Waals surface area contributed by atoms with Crippen LogP contribution in [0, 0.1) is 3.57 Å². The molecule has 0 radical (unpaired) electrons. The van der Waals surface area contributed by atoms with Gasteiger partial charge in [-0.25, -0.2) is 8.42 Å². The van der Waals surface area contributed by atoms with E-state index in [1.54, 1.807) is 60.7 Å². The molecule has 1 aliphatic rings. The van der Waals surface area contributed by atoms with Crippen LogP contribution in [0.5, 0.6) is 0 Å². The summed E-state index contributed by atoms with van der Waals surface area (Å²) < 4.78 is 29.8. The quantitative estimate of drug-likeness (QED) is 0.214. The Bertz CT molecular complexity index is 1480. The molecule has 42 heavy (non-hydrogen) atoms. The van der Waals surface area contributed by atoms with Crippen LogP contribution in [-0.4, -0.2) is 43.8 Å². The van der Waals surface area contributed by atoms with Crippen molar-refractivity contribution in [3.63, 3.8) is 0 Å². The van der Waals surface area contributed by atoms with Gasteiger partial charge < -0.3 is 10.2 Å². The number of nitrogens with zero attached hydrogens (tertiary/aromatic N) is 2. The lowest BCUT2D eigenvalue weighted by atomic mass is 9.95. The number of anilines is 1. The molecule has 2 amide bonds. The van der Waals surface area contributed by atoms with Crippen molar-refractivity contribution in [2.45, 2.75) is 69.0 Å². The highest BCUT2D eigenvalue weighted by Crippen LogP contribution is 2.27. The van der Waals surface area contributed by atoms with Gasteiger partial charge in [-0.15, -0.1) is 0 Å². The van der Waals surface area contributed by atoms with Crippen molar-refractivity contribution in [3.05, 3.63) is 92.0 Å². The first-order chi connectivity index (χ1) is 20.1. The van der Waals surface area contributed by atoms with E-state index in [1.807, 2.05) is 6.92 Å². The van der Waals surface area contributed by atoms with Crippen molar-refractivity contribution in [1.82, 2.24) is 10.2 Å². The van der Waals surface area contributed by atoms with Crippen LogP contribution >= 0.6 is 45.8 Å². The van der Waals surface area contributed by atoms with Crippen LogP contribution in [0.25, 0.3) is 0 Å². The van der Waals surface area contributed by atoms with Gasteiger partial charge in [0, 0.05) is 26.2 Å². The Hall–Kier alpha value is -2.34. The van der Waals surface area contributed by atoms with Crippen LogP contribution in [0.1, 0.15) is 51.0 Å². The molecular weight excluding hydrogens is 708 g/mol. The van der Waals surface area contributed by atoms with Crippen LogP contribution in [-0.2, 0) is 26.2 Å². The lowest BCUT2D eigenvalue weighted by Crippen LogP contribution is -2.54. The fourth-order valence-corrected chi connectivity index (χ4v) is 7.42. The lowest BCUT2D eigenvalue weighted by molar-refractivity contribution is -0.140. The first-order valence-corrected chi connectivity index (χ1v) is 17.2. The van der Waals surface area contributed by atoms with E-state index < -0.39 is 28.5 Å². The standard InChI is InChI=1S/C31H34Cl2IN3O4S/c1-2-29(31(39)35-25-9-5-3-6-10-25)36(20-22-13-14-23(32)19-28(22)33)30(38)21-37(26-17-15-24(34)16-18-26)42(40,41)27-11-7-4-8-12-27/h4,7-8,11-19,25,29H,2-3,5-6,9-10,20-21H2,1H3,(H,35,39)/t29-/m0/s1. The number of benzene rings is 3. The van der Waals surface area contributed by atoms with Gasteiger partial charge in [-0.3, -0.25) is 13.9 Å². The average molecular weight is 743 g/mol. The number of carbonyl (C=O) groups excluding carboxylic acids is 2. The number of hydrogen-bond donors (Lipinski definition) is 1. The second kappa shape index (κ2) is 14.9. The van der Waals surface area contributed by atoms with Crippen molar-refractivity contribution in [1.29, 1.82) is 0 Å². The van der Waals surface area contributed by atoms with E-state index in [4.69, 9.17) is 23.2 Å². The van der Waals surface area contributed by atoms with Crippen molar-refractivity contribution >= 4 is 73.3 Å². The van der Waals surface area contributed by atoms with Gasteiger partial charge in [-0.05, 0) is 95.9 Å². The predicted molar refractivity (Wildman–Crippen MR) is 176 cm³/mol. The summed E-state index contributed by atoms with van der Waals surface area (Å²) in [6, 6.07) is 19.1. The van der Waals surface area contributed by atoms with E-state index in [1.165, 1.54) is 17.0 Å². The molecule has 0 unspecified atom stereocenters. The second-order valence-electron chi connectivity index (χ2n) is 10.3. The molecule has 1 aliphatic carbocycles. The van der Waals surface area contributed by atoms with E-state index >= 15 is 0 Å². The van der Waals surface area contributed by atoms with Gasteiger partial charge in [0.15, 0.2) is 0 Å². The number of hydrogen-bond acceptors (Lipinski definition) is 4. The minimum Gasteiger partial charge on any atom is -0.352 e. The van der Waals surface area contributed by atoms with Crippen LogP contribution in [0.4, 0.5) is 5.69 Å². The summed E-state index contributed by atoms with van der Waals surface area (Å²) in [5.74, 6) is -0.778. The highest BCUT2D eigenvalue weighted by atomic mass is 127. The molecule has 0 spiro atoms. The molecule has 4 rings (SSSR count). The van der Waals surface area contributed by atoms with Gasteiger partial charge in [-0.2, -0.15) is 0 Å². The maximum atomic E-state index is 14.2. The largest absolute Gasteiger partial charge is 0.352 e. The first kappa shape index (κ1) is 32.6. The maximum absolute atomic E-state index is 14.2. The monoisotopic (exact) mass is 741 g/mol. The van der Waals surface area contributed by atoms with Gasteiger partial charge in [0.2, 0.25) is 11.8 Å². The van der Waals surface area contributed by atoms with Gasteiger partial charge in [0.25, 0.3) is 10.0 Å². The minimum absolute atomic E-state index is 0.0113. The second-order valence-corrected chi connectivity index (χ2v) is 14.3. The van der Waals surface area contributed by atoms with Gasteiger partial charge >= 0.3 is 0 Å². The van der Waals surface area contributed by atoms with E-state index in [-0.39, 0.29) is 23.4 Å². The Morgan fingerprint density at radius 3 is 2.26 bits per heavy atom. The third kappa shape index (κ3) is 8.18. The van der Waals surface area contributed by atoms with Crippen LogP contribution in [0.15, 0.2) is 77.7 Å². The molecule has 1 N–H and O–H groups in total. The number of halogens is 3. The Labute approximate surface area is 271 Å². The van der Waals surface area contributed by atoms with Crippen LogP contribution < -0.4 is 9.62 Å². The van der Waals surface area contributed by atoms with E-state index in [9.17, 15) is 18.0 Å². The average Bonchev–Trinajstić information content (AvgIpc) is 2.98. The molecule has 0 bridgehead atoms. The smallest absolute Gasteiger partial charge is 0.264 e. The summed E-state index contributed by atoms with van der Waals surface area (Å²) in [6.45, 7) is 1.35. The van der Waals surface area contributed by atoms with Gasteiger partial charge in [0.05, 0.1) is 10.6 Å². The molecule has 3 aromatic rings. The number of carbonyl (C=O) groups is 2.